The van der Waals surface area contributed by atoms with E-state index >= 15 is 0 Å². The largest absolute Gasteiger partial charge is 0.496 e. The lowest BCUT2D eigenvalue weighted by Gasteiger charge is -2.12. The molecule has 1 aromatic carbocycles. The minimum absolute atomic E-state index is 0.0105. The molecule has 2 aromatic rings. The molecule has 1 N–H and O–H groups in total. The number of methoxy groups -OCH3 is 1. The molecule has 2 heterocycles. The van der Waals surface area contributed by atoms with Crippen LogP contribution >= 0.6 is 0 Å². The quantitative estimate of drug-likeness (QED) is 0.836. The molecule has 6 heteroatoms. The molecule has 0 saturated carbocycles. The van der Waals surface area contributed by atoms with E-state index in [2.05, 4.69) is 10.3 Å². The van der Waals surface area contributed by atoms with Crippen LogP contribution in [0.15, 0.2) is 42.6 Å². The Morgan fingerprint density at radius 2 is 2.24 bits per heavy atom. The predicted octanol–water partition coefficient (Wildman–Crippen LogP) is 2.23. The summed E-state index contributed by atoms with van der Waals surface area (Å²) in [7, 11) is 1.64. The third kappa shape index (κ3) is 4.70. The second-order valence-electron chi connectivity index (χ2n) is 5.80. The lowest BCUT2D eigenvalue weighted by Crippen LogP contribution is -2.26. The van der Waals surface area contributed by atoms with Gasteiger partial charge in [0.1, 0.15) is 11.9 Å². The van der Waals surface area contributed by atoms with Crippen LogP contribution in [0.5, 0.6) is 11.6 Å². The molecule has 0 radical (unpaired) electrons. The lowest BCUT2D eigenvalue weighted by atomic mass is 10.1. The topological polar surface area (TPSA) is 69.7 Å². The van der Waals surface area contributed by atoms with Crippen molar-refractivity contribution in [2.75, 3.05) is 26.9 Å². The smallest absolute Gasteiger partial charge is 0.251 e. The van der Waals surface area contributed by atoms with E-state index in [0.717, 1.165) is 17.7 Å². The number of ether oxygens (including phenoxy) is 3. The van der Waals surface area contributed by atoms with E-state index in [1.807, 2.05) is 24.3 Å². The Morgan fingerprint density at radius 1 is 1.36 bits per heavy atom. The Hall–Kier alpha value is -2.60. The number of para-hydroxylation sites is 1. The van der Waals surface area contributed by atoms with Crippen molar-refractivity contribution >= 4 is 5.91 Å². The first kappa shape index (κ1) is 17.2. The predicted molar refractivity (Wildman–Crippen MR) is 93.1 cm³/mol. The maximum atomic E-state index is 12.3. The summed E-state index contributed by atoms with van der Waals surface area (Å²) < 4.78 is 16.3. The van der Waals surface area contributed by atoms with Crippen molar-refractivity contribution < 1.29 is 19.0 Å². The first-order valence-electron chi connectivity index (χ1n) is 8.37. The van der Waals surface area contributed by atoms with E-state index in [0.29, 0.717) is 37.6 Å². The standard InChI is InChI=1S/C19H22N2O4/c1-23-17-5-3-2-4-14(17)6-10-21-19(22)15-7-9-20-18(12-15)25-16-8-11-24-13-16/h2-5,7,9,12,16H,6,8,10-11,13H2,1H3,(H,21,22)/t16-/m1/s1. The number of carbonyl (C=O) groups excluding carboxylic acids is 1. The molecule has 132 valence electrons. The van der Waals surface area contributed by atoms with E-state index in [1.54, 1.807) is 25.4 Å². The molecule has 1 fully saturated rings. The summed E-state index contributed by atoms with van der Waals surface area (Å²) in [6, 6.07) is 11.1. The minimum Gasteiger partial charge on any atom is -0.496 e. The highest BCUT2D eigenvalue weighted by Gasteiger charge is 2.18. The molecule has 3 rings (SSSR count). The van der Waals surface area contributed by atoms with Crippen LogP contribution in [0, 0.1) is 0 Å². The number of amides is 1. The molecule has 0 spiro atoms. The zero-order valence-corrected chi connectivity index (χ0v) is 14.2. The minimum atomic E-state index is -0.148. The molecule has 0 unspecified atom stereocenters. The molecule has 1 amide bonds. The fourth-order valence-corrected chi connectivity index (χ4v) is 2.71. The Bertz CT molecular complexity index is 714. The maximum Gasteiger partial charge on any atom is 0.251 e. The number of nitrogens with one attached hydrogen (secondary N) is 1. The fraction of sp³-hybridized carbons (Fsp3) is 0.368. The van der Waals surface area contributed by atoms with Gasteiger partial charge in [0.05, 0.1) is 20.3 Å². The van der Waals surface area contributed by atoms with Crippen LogP contribution in [0.1, 0.15) is 22.3 Å². The second-order valence-corrected chi connectivity index (χ2v) is 5.80. The van der Waals surface area contributed by atoms with Gasteiger partial charge in [-0.05, 0) is 24.1 Å². The number of rotatable bonds is 7. The zero-order chi connectivity index (χ0) is 17.5. The monoisotopic (exact) mass is 342 g/mol. The molecule has 1 atom stereocenters. The van der Waals surface area contributed by atoms with Gasteiger partial charge in [0.2, 0.25) is 5.88 Å². The summed E-state index contributed by atoms with van der Waals surface area (Å²) >= 11 is 0. The Morgan fingerprint density at radius 3 is 3.04 bits per heavy atom. The van der Waals surface area contributed by atoms with Crippen molar-refractivity contribution in [2.45, 2.75) is 18.9 Å². The molecule has 1 aliphatic heterocycles. The third-order valence-corrected chi connectivity index (χ3v) is 4.04. The summed E-state index contributed by atoms with van der Waals surface area (Å²) in [5.74, 6) is 1.13. The number of carbonyl (C=O) groups is 1. The molecular weight excluding hydrogens is 320 g/mol. The van der Waals surface area contributed by atoms with Crippen LogP contribution in [0.4, 0.5) is 0 Å². The summed E-state index contributed by atoms with van der Waals surface area (Å²) in [5.41, 5.74) is 1.59. The van der Waals surface area contributed by atoms with Crippen LogP contribution in [-0.2, 0) is 11.2 Å². The van der Waals surface area contributed by atoms with Crippen molar-refractivity contribution in [1.29, 1.82) is 0 Å². The van der Waals surface area contributed by atoms with Gasteiger partial charge >= 0.3 is 0 Å². The van der Waals surface area contributed by atoms with Gasteiger partial charge in [0.15, 0.2) is 0 Å². The molecular formula is C19H22N2O4. The number of hydrogen-bond acceptors (Lipinski definition) is 5. The van der Waals surface area contributed by atoms with Gasteiger partial charge < -0.3 is 19.5 Å². The van der Waals surface area contributed by atoms with Gasteiger partial charge in [-0.2, -0.15) is 0 Å². The van der Waals surface area contributed by atoms with E-state index in [-0.39, 0.29) is 12.0 Å². The SMILES string of the molecule is COc1ccccc1CCNC(=O)c1ccnc(O[C@@H]2CCOC2)c1. The van der Waals surface area contributed by atoms with E-state index in [1.165, 1.54) is 0 Å². The highest BCUT2D eigenvalue weighted by atomic mass is 16.5. The number of benzene rings is 1. The lowest BCUT2D eigenvalue weighted by molar-refractivity contribution is 0.0952. The van der Waals surface area contributed by atoms with Gasteiger partial charge in [-0.1, -0.05) is 18.2 Å². The summed E-state index contributed by atoms with van der Waals surface area (Å²) in [6.07, 6.45) is 3.14. The third-order valence-electron chi connectivity index (χ3n) is 4.04. The molecule has 25 heavy (non-hydrogen) atoms. The van der Waals surface area contributed by atoms with E-state index in [9.17, 15) is 4.79 Å². The summed E-state index contributed by atoms with van der Waals surface area (Å²) in [4.78, 5) is 16.5. The summed E-state index contributed by atoms with van der Waals surface area (Å²) in [6.45, 7) is 1.79. The second kappa shape index (κ2) is 8.48. The number of hydrogen-bond donors (Lipinski definition) is 1. The van der Waals surface area contributed by atoms with Crippen LogP contribution in [-0.4, -0.2) is 43.9 Å². The van der Waals surface area contributed by atoms with Crippen LogP contribution in [0.2, 0.25) is 0 Å². The Balaban J connectivity index is 1.54. The fourth-order valence-electron chi connectivity index (χ4n) is 2.71. The van der Waals surface area contributed by atoms with Crippen molar-refractivity contribution in [1.82, 2.24) is 10.3 Å². The van der Waals surface area contributed by atoms with E-state index in [4.69, 9.17) is 14.2 Å². The van der Waals surface area contributed by atoms with Crippen LogP contribution in [0.3, 0.4) is 0 Å². The zero-order valence-electron chi connectivity index (χ0n) is 14.2. The van der Waals surface area contributed by atoms with Crippen molar-refractivity contribution in [3.8, 4) is 11.6 Å². The maximum absolute atomic E-state index is 12.3. The highest BCUT2D eigenvalue weighted by molar-refractivity contribution is 5.94. The molecule has 0 bridgehead atoms. The average Bonchev–Trinajstić information content (AvgIpc) is 3.15. The number of nitrogens with zero attached hydrogens (tertiary/aromatic N) is 1. The molecule has 0 aliphatic carbocycles. The Kier molecular flexibility index (Phi) is 5.85. The highest BCUT2D eigenvalue weighted by Crippen LogP contribution is 2.18. The van der Waals surface area contributed by atoms with Gasteiger partial charge in [-0.25, -0.2) is 4.98 Å². The van der Waals surface area contributed by atoms with Gasteiger partial charge in [-0.3, -0.25) is 4.79 Å². The number of aromatic nitrogens is 1. The first-order chi connectivity index (χ1) is 12.3. The first-order valence-corrected chi connectivity index (χ1v) is 8.37. The van der Waals surface area contributed by atoms with Crippen LogP contribution in [0.25, 0.3) is 0 Å². The van der Waals surface area contributed by atoms with Gasteiger partial charge in [-0.15, -0.1) is 0 Å². The number of pyridine rings is 1. The van der Waals surface area contributed by atoms with Crippen LogP contribution < -0.4 is 14.8 Å². The molecule has 1 saturated heterocycles. The van der Waals surface area contributed by atoms with Gasteiger partial charge in [0, 0.05) is 30.8 Å². The Labute approximate surface area is 147 Å². The van der Waals surface area contributed by atoms with Crippen molar-refractivity contribution in [3.05, 3.63) is 53.7 Å². The normalized spacial score (nSPS) is 16.4. The van der Waals surface area contributed by atoms with E-state index < -0.39 is 0 Å². The van der Waals surface area contributed by atoms with Crippen molar-refractivity contribution in [2.24, 2.45) is 0 Å². The van der Waals surface area contributed by atoms with Crippen molar-refractivity contribution in [3.63, 3.8) is 0 Å². The molecule has 6 nitrogen and oxygen atoms in total. The molecule has 1 aromatic heterocycles. The van der Waals surface area contributed by atoms with Gasteiger partial charge in [0.25, 0.3) is 5.91 Å². The molecule has 1 aliphatic rings. The average molecular weight is 342 g/mol. The summed E-state index contributed by atoms with van der Waals surface area (Å²) in [5, 5.41) is 2.92.